The molecule has 0 N–H and O–H groups in total. The highest BCUT2D eigenvalue weighted by molar-refractivity contribution is 4.91. The molecule has 5 heteroatoms. The molecule has 0 radical (unpaired) electrons. The quantitative estimate of drug-likeness (QED) is 0.366. The van der Waals surface area contributed by atoms with Gasteiger partial charge in [0.05, 0.1) is 5.60 Å². The first-order valence-electron chi connectivity index (χ1n) is 5.11. The Labute approximate surface area is 83.0 Å². The second-order valence-electron chi connectivity index (χ2n) is 4.00. The molecule has 0 aromatic rings. The highest BCUT2D eigenvalue weighted by atomic mass is 16.5. The van der Waals surface area contributed by atoms with Gasteiger partial charge in [0.15, 0.2) is 0 Å². The smallest absolute Gasteiger partial charge is 0.0730 e. The Morgan fingerprint density at radius 3 is 2.79 bits per heavy atom. The van der Waals surface area contributed by atoms with E-state index in [1.54, 1.807) is 0 Å². The van der Waals surface area contributed by atoms with Crippen LogP contribution in [0.4, 0.5) is 0 Å². The average Bonchev–Trinajstić information content (AvgIpc) is 2.19. The SMILES string of the molecule is [N-]=[N+]=NC1CCOC2(CCOCC2)C1. The maximum absolute atomic E-state index is 8.40. The molecule has 5 nitrogen and oxygen atoms in total. The maximum Gasteiger partial charge on any atom is 0.0730 e. The summed E-state index contributed by atoms with van der Waals surface area (Å²) in [6, 6.07) is 0.117. The van der Waals surface area contributed by atoms with E-state index < -0.39 is 0 Å². The second kappa shape index (κ2) is 4.17. The van der Waals surface area contributed by atoms with Gasteiger partial charge in [0.25, 0.3) is 0 Å². The molecule has 2 fully saturated rings. The van der Waals surface area contributed by atoms with Gasteiger partial charge in [-0.2, -0.15) is 0 Å². The molecular weight excluding hydrogens is 182 g/mol. The van der Waals surface area contributed by atoms with Crippen LogP contribution in [0.5, 0.6) is 0 Å². The molecule has 78 valence electrons. The van der Waals surface area contributed by atoms with Crippen LogP contribution in [0.1, 0.15) is 25.7 Å². The van der Waals surface area contributed by atoms with Gasteiger partial charge in [0, 0.05) is 30.8 Å². The molecule has 2 aliphatic rings. The summed E-state index contributed by atoms with van der Waals surface area (Å²) in [7, 11) is 0. The molecule has 2 saturated heterocycles. The topological polar surface area (TPSA) is 67.2 Å². The van der Waals surface area contributed by atoms with Crippen molar-refractivity contribution in [2.75, 3.05) is 19.8 Å². The fraction of sp³-hybridized carbons (Fsp3) is 1.00. The summed E-state index contributed by atoms with van der Waals surface area (Å²) in [6.07, 6.45) is 3.59. The van der Waals surface area contributed by atoms with Crippen molar-refractivity contribution in [1.82, 2.24) is 0 Å². The van der Waals surface area contributed by atoms with E-state index >= 15 is 0 Å². The summed E-state index contributed by atoms with van der Waals surface area (Å²) in [4.78, 5) is 2.88. The van der Waals surface area contributed by atoms with E-state index in [0.717, 1.165) is 38.9 Å². The van der Waals surface area contributed by atoms with Crippen molar-refractivity contribution in [1.29, 1.82) is 0 Å². The first-order valence-corrected chi connectivity index (χ1v) is 5.11. The van der Waals surface area contributed by atoms with E-state index in [4.69, 9.17) is 15.0 Å². The van der Waals surface area contributed by atoms with Crippen molar-refractivity contribution >= 4 is 0 Å². The van der Waals surface area contributed by atoms with Gasteiger partial charge in [-0.3, -0.25) is 0 Å². The van der Waals surface area contributed by atoms with E-state index in [1.807, 2.05) is 0 Å². The minimum absolute atomic E-state index is 0.0602. The van der Waals surface area contributed by atoms with Crippen molar-refractivity contribution in [2.45, 2.75) is 37.3 Å². The van der Waals surface area contributed by atoms with Crippen molar-refractivity contribution in [2.24, 2.45) is 5.11 Å². The Bertz CT molecular complexity index is 239. The number of ether oxygens (including phenoxy) is 2. The van der Waals surface area contributed by atoms with Crippen LogP contribution in [0, 0.1) is 0 Å². The van der Waals surface area contributed by atoms with Crippen molar-refractivity contribution in [3.63, 3.8) is 0 Å². The zero-order valence-electron chi connectivity index (χ0n) is 8.19. The summed E-state index contributed by atoms with van der Waals surface area (Å²) in [6.45, 7) is 2.25. The second-order valence-corrected chi connectivity index (χ2v) is 4.00. The van der Waals surface area contributed by atoms with Gasteiger partial charge >= 0.3 is 0 Å². The zero-order valence-corrected chi connectivity index (χ0v) is 8.19. The lowest BCUT2D eigenvalue weighted by molar-refractivity contribution is -0.137. The highest BCUT2D eigenvalue weighted by Crippen LogP contribution is 2.35. The normalized spacial score (nSPS) is 31.0. The zero-order chi connectivity index (χ0) is 9.86. The molecule has 0 saturated carbocycles. The van der Waals surface area contributed by atoms with Gasteiger partial charge in [-0.25, -0.2) is 0 Å². The first-order chi connectivity index (χ1) is 6.85. The van der Waals surface area contributed by atoms with Crippen LogP contribution < -0.4 is 0 Å². The Hall–Kier alpha value is -0.770. The predicted molar refractivity (Wildman–Crippen MR) is 50.9 cm³/mol. The van der Waals surface area contributed by atoms with Gasteiger partial charge in [0.2, 0.25) is 0 Å². The van der Waals surface area contributed by atoms with E-state index in [-0.39, 0.29) is 11.6 Å². The van der Waals surface area contributed by atoms with E-state index in [0.29, 0.717) is 6.61 Å². The molecular formula is C9H15N3O2. The number of hydrogen-bond acceptors (Lipinski definition) is 3. The van der Waals surface area contributed by atoms with Crippen LogP contribution in [0.25, 0.3) is 10.4 Å². The molecule has 2 aliphatic heterocycles. The van der Waals surface area contributed by atoms with Gasteiger partial charge in [-0.1, -0.05) is 5.11 Å². The summed E-state index contributed by atoms with van der Waals surface area (Å²) in [5, 5.41) is 3.79. The van der Waals surface area contributed by atoms with E-state index in [1.165, 1.54) is 0 Å². The molecule has 0 aliphatic carbocycles. The molecule has 0 aromatic carbocycles. The third-order valence-corrected chi connectivity index (χ3v) is 3.09. The molecule has 0 bridgehead atoms. The predicted octanol–water partition coefficient (Wildman–Crippen LogP) is 2.02. The average molecular weight is 197 g/mol. The third kappa shape index (κ3) is 2.00. The standard InChI is InChI=1S/C9H15N3O2/c10-12-11-8-1-4-14-9(7-8)2-5-13-6-3-9/h8H,1-7H2. The minimum Gasteiger partial charge on any atom is -0.381 e. The fourth-order valence-corrected chi connectivity index (χ4v) is 2.27. The van der Waals surface area contributed by atoms with Gasteiger partial charge in [0.1, 0.15) is 0 Å². The lowest BCUT2D eigenvalue weighted by Crippen LogP contribution is -2.45. The summed E-state index contributed by atoms with van der Waals surface area (Å²) in [5.41, 5.74) is 8.34. The number of nitrogens with zero attached hydrogens (tertiary/aromatic N) is 3. The maximum atomic E-state index is 8.40. The monoisotopic (exact) mass is 197 g/mol. The summed E-state index contributed by atoms with van der Waals surface area (Å²) >= 11 is 0. The Balaban J connectivity index is 2.00. The Kier molecular flexibility index (Phi) is 2.91. The van der Waals surface area contributed by atoms with Gasteiger partial charge in [-0.05, 0) is 31.2 Å². The molecule has 1 unspecified atom stereocenters. The summed E-state index contributed by atoms with van der Waals surface area (Å²) < 4.78 is 11.1. The fourth-order valence-electron chi connectivity index (χ4n) is 2.27. The van der Waals surface area contributed by atoms with Gasteiger partial charge in [-0.15, -0.1) is 0 Å². The lowest BCUT2D eigenvalue weighted by atomic mass is 9.84. The van der Waals surface area contributed by atoms with Crippen LogP contribution in [-0.4, -0.2) is 31.5 Å². The van der Waals surface area contributed by atoms with Gasteiger partial charge < -0.3 is 9.47 Å². The number of rotatable bonds is 1. The van der Waals surface area contributed by atoms with Crippen LogP contribution >= 0.6 is 0 Å². The van der Waals surface area contributed by atoms with Crippen molar-refractivity contribution in [3.8, 4) is 0 Å². The van der Waals surface area contributed by atoms with E-state index in [9.17, 15) is 0 Å². The van der Waals surface area contributed by atoms with Crippen LogP contribution in [0.2, 0.25) is 0 Å². The van der Waals surface area contributed by atoms with E-state index in [2.05, 4.69) is 10.0 Å². The first kappa shape index (κ1) is 9.77. The molecule has 1 spiro atoms. The van der Waals surface area contributed by atoms with Crippen LogP contribution in [0.3, 0.4) is 0 Å². The molecule has 0 aromatic heterocycles. The highest BCUT2D eigenvalue weighted by Gasteiger charge is 2.38. The molecule has 2 heterocycles. The summed E-state index contributed by atoms with van der Waals surface area (Å²) in [5.74, 6) is 0. The molecule has 0 amide bonds. The van der Waals surface area contributed by atoms with Crippen LogP contribution in [-0.2, 0) is 9.47 Å². The largest absolute Gasteiger partial charge is 0.381 e. The molecule has 2 rings (SSSR count). The lowest BCUT2D eigenvalue weighted by Gasteiger charge is -2.42. The molecule has 1 atom stereocenters. The number of azide groups is 1. The van der Waals surface area contributed by atoms with Crippen molar-refractivity contribution < 1.29 is 9.47 Å². The molecule has 14 heavy (non-hydrogen) atoms. The number of hydrogen-bond donors (Lipinski definition) is 0. The van der Waals surface area contributed by atoms with Crippen LogP contribution in [0.15, 0.2) is 5.11 Å². The Morgan fingerprint density at radius 1 is 1.29 bits per heavy atom. The minimum atomic E-state index is -0.0602. The third-order valence-electron chi connectivity index (χ3n) is 3.09. The van der Waals surface area contributed by atoms with Crippen molar-refractivity contribution in [3.05, 3.63) is 10.4 Å². The Morgan fingerprint density at radius 2 is 2.07 bits per heavy atom.